The summed E-state index contributed by atoms with van der Waals surface area (Å²) < 4.78 is 11.3. The van der Waals surface area contributed by atoms with Crippen LogP contribution in [0.1, 0.15) is 25.0 Å². The van der Waals surface area contributed by atoms with E-state index in [9.17, 15) is 0 Å². The zero-order valence-corrected chi connectivity index (χ0v) is 30.0. The molecule has 0 N–H and O–H groups in total. The fourth-order valence-corrected chi connectivity index (χ4v) is 9.70. The maximum atomic E-state index is 6.43. The minimum absolute atomic E-state index is 0.0682. The Bertz CT molecular complexity index is 3340. The van der Waals surface area contributed by atoms with Gasteiger partial charge in [-0.3, -0.25) is 0 Å². The molecule has 3 heteroatoms. The van der Waals surface area contributed by atoms with Gasteiger partial charge in [0, 0.05) is 49.1 Å². The molecule has 254 valence electrons. The van der Waals surface area contributed by atoms with Crippen LogP contribution in [0, 0.1) is 0 Å². The molecule has 0 spiro atoms. The number of para-hydroxylation sites is 3. The Morgan fingerprint density at radius 3 is 1.85 bits per heavy atom. The van der Waals surface area contributed by atoms with E-state index >= 15 is 0 Å². The molecule has 3 heterocycles. The molecule has 3 nitrogen and oxygen atoms in total. The fourth-order valence-electron chi connectivity index (χ4n) is 9.70. The van der Waals surface area contributed by atoms with Gasteiger partial charge in [0.1, 0.15) is 11.2 Å². The van der Waals surface area contributed by atoms with Crippen LogP contribution < -0.4 is 0 Å². The van der Waals surface area contributed by atoms with Gasteiger partial charge in [-0.15, -0.1) is 0 Å². The van der Waals surface area contributed by atoms with Crippen molar-refractivity contribution in [3.63, 3.8) is 0 Å². The zero-order valence-electron chi connectivity index (χ0n) is 30.0. The lowest BCUT2D eigenvalue weighted by Gasteiger charge is -2.21. The van der Waals surface area contributed by atoms with Crippen molar-refractivity contribution in [1.82, 2.24) is 9.13 Å². The Hall–Kier alpha value is -6.84. The van der Waals surface area contributed by atoms with E-state index in [0.717, 1.165) is 33.3 Å². The van der Waals surface area contributed by atoms with E-state index in [-0.39, 0.29) is 5.41 Å². The van der Waals surface area contributed by atoms with Crippen LogP contribution in [-0.4, -0.2) is 9.13 Å². The molecule has 1 aliphatic carbocycles. The highest BCUT2D eigenvalue weighted by Crippen LogP contribution is 2.53. The first-order valence-electron chi connectivity index (χ1n) is 18.8. The van der Waals surface area contributed by atoms with Crippen molar-refractivity contribution >= 4 is 65.6 Å². The molecule has 0 radical (unpaired) electrons. The first-order chi connectivity index (χ1) is 26.6. The zero-order chi connectivity index (χ0) is 35.7. The van der Waals surface area contributed by atoms with Crippen LogP contribution in [0.25, 0.3) is 99.2 Å². The average molecular weight is 691 g/mol. The molecule has 0 saturated heterocycles. The van der Waals surface area contributed by atoms with Crippen LogP contribution in [0.5, 0.6) is 0 Å². The van der Waals surface area contributed by atoms with Crippen LogP contribution >= 0.6 is 0 Å². The lowest BCUT2D eigenvalue weighted by atomic mass is 9.82. The standard InChI is InChI=1S/C51H34N2O/c1-51(2)39-19-11-9-17-35(39)47-40(51)24-26-42-48(47)36-23-21-32(30-44(36)53(42)34-15-7-4-8-16-34)31-22-25-41-38(29-31)49-43(52(41)33-13-5-3-6-14-33)27-28-46-50(49)37-18-10-12-20-45(37)54-46/h3-30H,1-2H3. The van der Waals surface area contributed by atoms with Gasteiger partial charge in [0.25, 0.3) is 0 Å². The van der Waals surface area contributed by atoms with Crippen LogP contribution in [0.15, 0.2) is 174 Å². The Kier molecular flexibility index (Phi) is 5.84. The maximum absolute atomic E-state index is 6.43. The predicted octanol–water partition coefficient (Wildman–Crippen LogP) is 13.8. The lowest BCUT2D eigenvalue weighted by Crippen LogP contribution is -2.14. The van der Waals surface area contributed by atoms with Gasteiger partial charge < -0.3 is 13.6 Å². The Labute approximate surface area is 311 Å². The molecule has 0 atom stereocenters. The van der Waals surface area contributed by atoms with Gasteiger partial charge in [-0.25, -0.2) is 0 Å². The topological polar surface area (TPSA) is 23.0 Å². The second-order valence-corrected chi connectivity index (χ2v) is 15.3. The van der Waals surface area contributed by atoms with Crippen LogP contribution in [-0.2, 0) is 5.41 Å². The van der Waals surface area contributed by atoms with E-state index in [1.807, 2.05) is 6.07 Å². The van der Waals surface area contributed by atoms with E-state index in [4.69, 9.17) is 4.42 Å². The summed E-state index contributed by atoms with van der Waals surface area (Å²) in [5.74, 6) is 0. The van der Waals surface area contributed by atoms with Crippen molar-refractivity contribution in [3.8, 4) is 33.6 Å². The SMILES string of the molecule is CC1(C)c2ccccc2-c2c1ccc1c2c2ccc(-c3ccc4c(c3)c3c5c(ccc3n4-c3ccccc3)oc3ccccc35)cc2n1-c1ccccc1. The molecule has 0 unspecified atom stereocenters. The van der Waals surface area contributed by atoms with Crippen molar-refractivity contribution in [2.24, 2.45) is 0 Å². The summed E-state index contributed by atoms with van der Waals surface area (Å²) in [4.78, 5) is 0. The lowest BCUT2D eigenvalue weighted by molar-refractivity contribution is 0.661. The van der Waals surface area contributed by atoms with Crippen molar-refractivity contribution < 1.29 is 4.42 Å². The van der Waals surface area contributed by atoms with E-state index in [1.54, 1.807) is 0 Å². The molecule has 1 aliphatic rings. The van der Waals surface area contributed by atoms with E-state index in [0.29, 0.717) is 0 Å². The molecule has 3 aromatic heterocycles. The number of aromatic nitrogens is 2. The van der Waals surface area contributed by atoms with Gasteiger partial charge in [0.2, 0.25) is 0 Å². The number of rotatable bonds is 3. The molecule has 0 saturated carbocycles. The first kappa shape index (κ1) is 29.7. The minimum atomic E-state index is -0.0682. The molecule has 54 heavy (non-hydrogen) atoms. The average Bonchev–Trinajstić information content (AvgIpc) is 3.93. The molecular formula is C51H34N2O. The Morgan fingerprint density at radius 1 is 0.407 bits per heavy atom. The molecule has 0 bridgehead atoms. The third-order valence-electron chi connectivity index (χ3n) is 12.1. The van der Waals surface area contributed by atoms with Crippen LogP contribution in [0.2, 0.25) is 0 Å². The summed E-state index contributed by atoms with van der Waals surface area (Å²) in [6.07, 6.45) is 0. The normalized spacial score (nSPS) is 13.5. The molecule has 8 aromatic carbocycles. The second-order valence-electron chi connectivity index (χ2n) is 15.3. The van der Waals surface area contributed by atoms with E-state index in [2.05, 4.69) is 187 Å². The predicted molar refractivity (Wildman–Crippen MR) is 225 cm³/mol. The number of hydrogen-bond acceptors (Lipinski definition) is 1. The minimum Gasteiger partial charge on any atom is -0.456 e. The highest BCUT2D eigenvalue weighted by Gasteiger charge is 2.37. The molecule has 11 aromatic rings. The number of nitrogens with zero attached hydrogens (tertiary/aromatic N) is 2. The summed E-state index contributed by atoms with van der Waals surface area (Å²) in [6.45, 7) is 4.73. The van der Waals surface area contributed by atoms with E-state index < -0.39 is 0 Å². The summed E-state index contributed by atoms with van der Waals surface area (Å²) in [5, 5.41) is 7.33. The molecular weight excluding hydrogens is 657 g/mol. The Morgan fingerprint density at radius 2 is 1.04 bits per heavy atom. The Balaban J connectivity index is 1.16. The van der Waals surface area contributed by atoms with Crippen molar-refractivity contribution in [2.45, 2.75) is 19.3 Å². The number of fused-ring (bicyclic) bond motifs is 14. The summed E-state index contributed by atoms with van der Waals surface area (Å²) in [5.41, 5.74) is 16.7. The molecule has 0 amide bonds. The highest BCUT2D eigenvalue weighted by atomic mass is 16.3. The van der Waals surface area contributed by atoms with Crippen molar-refractivity contribution in [2.75, 3.05) is 0 Å². The van der Waals surface area contributed by atoms with Gasteiger partial charge in [0.15, 0.2) is 0 Å². The third kappa shape index (κ3) is 3.85. The fraction of sp³-hybridized carbons (Fsp3) is 0.0588. The van der Waals surface area contributed by atoms with Crippen LogP contribution in [0.3, 0.4) is 0 Å². The van der Waals surface area contributed by atoms with Crippen molar-refractivity contribution in [1.29, 1.82) is 0 Å². The van der Waals surface area contributed by atoms with Gasteiger partial charge in [0.05, 0.1) is 22.1 Å². The number of benzene rings is 8. The quantitative estimate of drug-likeness (QED) is 0.181. The summed E-state index contributed by atoms with van der Waals surface area (Å²) in [6, 6.07) is 62.0. The maximum Gasteiger partial charge on any atom is 0.136 e. The van der Waals surface area contributed by atoms with E-state index in [1.165, 1.54) is 77.0 Å². The monoisotopic (exact) mass is 690 g/mol. The second kappa shape index (κ2) is 10.6. The smallest absolute Gasteiger partial charge is 0.136 e. The first-order valence-corrected chi connectivity index (χ1v) is 18.8. The number of hydrogen-bond donors (Lipinski definition) is 0. The molecule has 0 aliphatic heterocycles. The summed E-state index contributed by atoms with van der Waals surface area (Å²) in [7, 11) is 0. The molecule has 12 rings (SSSR count). The van der Waals surface area contributed by atoms with Crippen LogP contribution in [0.4, 0.5) is 0 Å². The van der Waals surface area contributed by atoms with Gasteiger partial charge in [-0.05, 0) is 100 Å². The van der Waals surface area contributed by atoms with Gasteiger partial charge in [-0.1, -0.05) is 117 Å². The third-order valence-corrected chi connectivity index (χ3v) is 12.1. The largest absolute Gasteiger partial charge is 0.456 e. The number of furan rings is 1. The van der Waals surface area contributed by atoms with Gasteiger partial charge in [-0.2, -0.15) is 0 Å². The van der Waals surface area contributed by atoms with Crippen molar-refractivity contribution in [3.05, 3.63) is 181 Å². The summed E-state index contributed by atoms with van der Waals surface area (Å²) >= 11 is 0. The van der Waals surface area contributed by atoms with Gasteiger partial charge >= 0.3 is 0 Å². The highest BCUT2D eigenvalue weighted by molar-refractivity contribution is 6.28. The molecule has 0 fully saturated rings.